The van der Waals surface area contributed by atoms with E-state index in [0.29, 0.717) is 11.7 Å². The van der Waals surface area contributed by atoms with Gasteiger partial charge in [0.1, 0.15) is 0 Å². The van der Waals surface area contributed by atoms with Crippen LogP contribution in [0.1, 0.15) is 25.8 Å². The van der Waals surface area contributed by atoms with Crippen molar-refractivity contribution in [3.8, 4) is 10.7 Å². The van der Waals surface area contributed by atoms with Gasteiger partial charge in [-0.1, -0.05) is 19.0 Å². The number of rotatable bonds is 3. The standard InChI is InChI=1S/C10H12BrN3OS.ClH/c1-5(2)8(12)10-13-9(14-15-10)7-3-6(11)4-16-7;/h3-5,8H,12H2,1-2H3;1H. The highest BCUT2D eigenvalue weighted by atomic mass is 79.9. The van der Waals surface area contributed by atoms with Crippen molar-refractivity contribution in [2.45, 2.75) is 19.9 Å². The van der Waals surface area contributed by atoms with Crippen LogP contribution in [0.15, 0.2) is 20.4 Å². The van der Waals surface area contributed by atoms with E-state index in [4.69, 9.17) is 10.3 Å². The molecular weight excluding hydrogens is 326 g/mol. The van der Waals surface area contributed by atoms with Crippen molar-refractivity contribution in [3.63, 3.8) is 0 Å². The lowest BCUT2D eigenvalue weighted by Gasteiger charge is -2.08. The first kappa shape index (κ1) is 14.6. The quantitative estimate of drug-likeness (QED) is 0.928. The summed E-state index contributed by atoms with van der Waals surface area (Å²) in [5.41, 5.74) is 5.93. The highest BCUT2D eigenvalue weighted by molar-refractivity contribution is 9.10. The van der Waals surface area contributed by atoms with E-state index < -0.39 is 0 Å². The van der Waals surface area contributed by atoms with Gasteiger partial charge in [0, 0.05) is 9.85 Å². The van der Waals surface area contributed by atoms with Crippen molar-refractivity contribution >= 4 is 39.7 Å². The lowest BCUT2D eigenvalue weighted by atomic mass is 10.1. The fraction of sp³-hybridized carbons (Fsp3) is 0.400. The van der Waals surface area contributed by atoms with Gasteiger partial charge >= 0.3 is 0 Å². The molecule has 1 atom stereocenters. The molecule has 94 valence electrons. The third-order valence-electron chi connectivity index (χ3n) is 2.23. The number of nitrogens with two attached hydrogens (primary N) is 1. The molecule has 0 saturated carbocycles. The molecule has 2 aromatic heterocycles. The topological polar surface area (TPSA) is 64.9 Å². The molecule has 2 N–H and O–H groups in total. The maximum absolute atomic E-state index is 5.93. The molecule has 0 aliphatic rings. The minimum atomic E-state index is -0.204. The number of thiophene rings is 1. The summed E-state index contributed by atoms with van der Waals surface area (Å²) in [4.78, 5) is 5.27. The number of hydrogen-bond donors (Lipinski definition) is 1. The summed E-state index contributed by atoms with van der Waals surface area (Å²) < 4.78 is 6.18. The van der Waals surface area contributed by atoms with Crippen LogP contribution in [0.25, 0.3) is 10.7 Å². The third-order valence-corrected chi connectivity index (χ3v) is 3.92. The second kappa shape index (κ2) is 5.95. The molecule has 0 fully saturated rings. The van der Waals surface area contributed by atoms with Crippen LogP contribution < -0.4 is 5.73 Å². The Morgan fingerprint density at radius 1 is 1.47 bits per heavy atom. The smallest absolute Gasteiger partial charge is 0.244 e. The van der Waals surface area contributed by atoms with Crippen LogP contribution in [0.4, 0.5) is 0 Å². The van der Waals surface area contributed by atoms with Crippen LogP contribution in [0.5, 0.6) is 0 Å². The van der Waals surface area contributed by atoms with Crippen molar-refractivity contribution in [1.29, 1.82) is 0 Å². The molecule has 0 aliphatic heterocycles. The maximum Gasteiger partial charge on any atom is 0.244 e. The van der Waals surface area contributed by atoms with Crippen molar-refractivity contribution in [1.82, 2.24) is 10.1 Å². The Morgan fingerprint density at radius 3 is 2.71 bits per heavy atom. The second-order valence-corrected chi connectivity index (χ2v) is 5.68. The molecule has 17 heavy (non-hydrogen) atoms. The molecule has 1 unspecified atom stereocenters. The van der Waals surface area contributed by atoms with E-state index in [0.717, 1.165) is 9.35 Å². The van der Waals surface area contributed by atoms with Gasteiger partial charge in [-0.2, -0.15) is 4.98 Å². The predicted octanol–water partition coefficient (Wildman–Crippen LogP) is 3.64. The lowest BCUT2D eigenvalue weighted by molar-refractivity contribution is 0.325. The molecule has 2 aromatic rings. The van der Waals surface area contributed by atoms with Crippen molar-refractivity contribution in [2.75, 3.05) is 0 Å². The van der Waals surface area contributed by atoms with Crippen molar-refractivity contribution in [3.05, 3.63) is 21.8 Å². The van der Waals surface area contributed by atoms with Gasteiger partial charge in [-0.05, 0) is 27.9 Å². The molecule has 0 radical (unpaired) electrons. The highest BCUT2D eigenvalue weighted by Crippen LogP contribution is 2.28. The van der Waals surface area contributed by atoms with Gasteiger partial charge in [0.2, 0.25) is 11.7 Å². The van der Waals surface area contributed by atoms with Gasteiger partial charge in [0.05, 0.1) is 10.9 Å². The molecule has 0 spiro atoms. The fourth-order valence-electron chi connectivity index (χ4n) is 1.19. The summed E-state index contributed by atoms with van der Waals surface area (Å²) in [7, 11) is 0. The molecule has 2 rings (SSSR count). The largest absolute Gasteiger partial charge is 0.337 e. The average molecular weight is 339 g/mol. The summed E-state index contributed by atoms with van der Waals surface area (Å²) in [5.74, 6) is 1.37. The zero-order valence-electron chi connectivity index (χ0n) is 9.38. The van der Waals surface area contributed by atoms with Crippen LogP contribution in [-0.2, 0) is 0 Å². The highest BCUT2D eigenvalue weighted by Gasteiger charge is 2.19. The van der Waals surface area contributed by atoms with E-state index in [1.807, 2.05) is 25.3 Å². The van der Waals surface area contributed by atoms with Crippen LogP contribution in [0.3, 0.4) is 0 Å². The fourth-order valence-corrected chi connectivity index (χ4v) is 2.54. The molecule has 0 aromatic carbocycles. The lowest BCUT2D eigenvalue weighted by Crippen LogP contribution is -2.16. The molecular formula is C10H13BrClN3OS. The van der Waals surface area contributed by atoms with E-state index in [9.17, 15) is 0 Å². The van der Waals surface area contributed by atoms with Crippen LogP contribution >= 0.6 is 39.7 Å². The molecule has 2 heterocycles. The van der Waals surface area contributed by atoms with Crippen molar-refractivity contribution < 1.29 is 4.52 Å². The number of aromatic nitrogens is 2. The zero-order valence-corrected chi connectivity index (χ0v) is 12.6. The van der Waals surface area contributed by atoms with Gasteiger partial charge in [-0.15, -0.1) is 23.7 Å². The Morgan fingerprint density at radius 2 is 2.18 bits per heavy atom. The Bertz CT molecular complexity index is 485. The second-order valence-electron chi connectivity index (χ2n) is 3.86. The van der Waals surface area contributed by atoms with Gasteiger partial charge in [-0.3, -0.25) is 0 Å². The number of nitrogens with zero attached hydrogens (tertiary/aromatic N) is 2. The molecule has 0 amide bonds. The van der Waals surface area contributed by atoms with E-state index in [1.165, 1.54) is 0 Å². The minimum absolute atomic E-state index is 0. The number of hydrogen-bond acceptors (Lipinski definition) is 5. The SMILES string of the molecule is CC(C)C(N)c1nc(-c2cc(Br)cs2)no1.Cl. The van der Waals surface area contributed by atoms with Gasteiger partial charge in [0.15, 0.2) is 0 Å². The Balaban J connectivity index is 0.00000144. The number of halogens is 2. The first-order valence-corrected chi connectivity index (χ1v) is 6.59. The first-order valence-electron chi connectivity index (χ1n) is 4.91. The average Bonchev–Trinajstić information content (AvgIpc) is 2.84. The molecule has 0 bridgehead atoms. The summed E-state index contributed by atoms with van der Waals surface area (Å²) in [6.07, 6.45) is 0. The van der Waals surface area contributed by atoms with Crippen LogP contribution in [0, 0.1) is 5.92 Å². The first-order chi connectivity index (χ1) is 7.58. The summed E-state index contributed by atoms with van der Waals surface area (Å²) in [5, 5.41) is 5.91. The Kier molecular flexibility index (Phi) is 5.12. The summed E-state index contributed by atoms with van der Waals surface area (Å²) >= 11 is 4.95. The predicted molar refractivity (Wildman–Crippen MR) is 74.3 cm³/mol. The van der Waals surface area contributed by atoms with Gasteiger partial charge in [0.25, 0.3) is 0 Å². The Hall–Kier alpha value is -0.430. The third kappa shape index (κ3) is 3.28. The van der Waals surface area contributed by atoms with Crippen LogP contribution in [-0.4, -0.2) is 10.1 Å². The van der Waals surface area contributed by atoms with E-state index in [-0.39, 0.29) is 24.4 Å². The van der Waals surface area contributed by atoms with E-state index >= 15 is 0 Å². The minimum Gasteiger partial charge on any atom is -0.337 e. The summed E-state index contributed by atoms with van der Waals surface area (Å²) in [6, 6.07) is 1.75. The van der Waals surface area contributed by atoms with Gasteiger partial charge < -0.3 is 10.3 Å². The normalized spacial score (nSPS) is 12.5. The summed E-state index contributed by atoms with van der Waals surface area (Å²) in [6.45, 7) is 4.05. The zero-order chi connectivity index (χ0) is 11.7. The van der Waals surface area contributed by atoms with E-state index in [1.54, 1.807) is 11.3 Å². The van der Waals surface area contributed by atoms with Gasteiger partial charge in [-0.25, -0.2) is 0 Å². The van der Waals surface area contributed by atoms with Crippen molar-refractivity contribution in [2.24, 2.45) is 11.7 Å². The monoisotopic (exact) mass is 337 g/mol. The Labute approximate surface area is 118 Å². The van der Waals surface area contributed by atoms with Crippen LogP contribution in [0.2, 0.25) is 0 Å². The maximum atomic E-state index is 5.93. The van der Waals surface area contributed by atoms with E-state index in [2.05, 4.69) is 26.1 Å². The molecule has 0 aliphatic carbocycles. The molecule has 4 nitrogen and oxygen atoms in total. The molecule has 7 heteroatoms. The molecule has 0 saturated heterocycles.